The van der Waals surface area contributed by atoms with Crippen LogP contribution in [0.25, 0.3) is 33.2 Å². The number of piperidine rings is 1. The molecule has 4 aromatic rings. The minimum absolute atomic E-state index is 0.106. The summed E-state index contributed by atoms with van der Waals surface area (Å²) in [4.78, 5) is 17.6. The summed E-state index contributed by atoms with van der Waals surface area (Å²) in [6, 6.07) is 15.8. The van der Waals surface area contributed by atoms with Crippen molar-refractivity contribution in [3.05, 3.63) is 78.1 Å². The maximum Gasteiger partial charge on any atom is 0.408 e. The summed E-state index contributed by atoms with van der Waals surface area (Å²) in [5.74, 6) is -2.78. The number of ether oxygens (including phenoxy) is 1. The Kier molecular flexibility index (Phi) is 7.80. The standard InChI is InChI=1S/C31H32F3N3O4/c1-30(2,3)41-29(39)36-18-24-15-23-14-22(16-25(27(23)40-24)21-8-9-26(32)35-17-21)19-4-6-20(7-5-19)28(38)37-12-10-31(33,34)11-13-37/h4-9,14-17,28,38H,10-13,18H2,1-3H3,(H,36,39). The molecule has 7 nitrogen and oxygen atoms in total. The van der Waals surface area contributed by atoms with E-state index in [9.17, 15) is 23.1 Å². The van der Waals surface area contributed by atoms with E-state index in [0.717, 1.165) is 16.5 Å². The maximum atomic E-state index is 13.6. The molecule has 1 aliphatic heterocycles. The third-order valence-corrected chi connectivity index (χ3v) is 6.93. The van der Waals surface area contributed by atoms with Gasteiger partial charge < -0.3 is 19.6 Å². The molecule has 0 spiro atoms. The third kappa shape index (κ3) is 6.89. The number of rotatable bonds is 6. The predicted octanol–water partition coefficient (Wildman–Crippen LogP) is 7.05. The van der Waals surface area contributed by atoms with E-state index in [1.165, 1.54) is 12.3 Å². The Bertz CT molecular complexity index is 1520. The molecule has 1 saturated heterocycles. The third-order valence-electron chi connectivity index (χ3n) is 6.93. The Hall–Kier alpha value is -3.89. The van der Waals surface area contributed by atoms with Crippen LogP contribution in [0.5, 0.6) is 0 Å². The zero-order chi connectivity index (χ0) is 29.4. The number of halogens is 3. The highest BCUT2D eigenvalue weighted by molar-refractivity contribution is 5.96. The summed E-state index contributed by atoms with van der Waals surface area (Å²) in [6.07, 6.45) is -0.664. The van der Waals surface area contributed by atoms with Gasteiger partial charge in [0.1, 0.15) is 23.2 Å². The number of alkyl carbamates (subject to hydrolysis) is 1. The number of aliphatic hydroxyl groups is 1. The average molecular weight is 568 g/mol. The number of nitrogens with zero attached hydrogens (tertiary/aromatic N) is 2. The first kappa shape index (κ1) is 28.6. The summed E-state index contributed by atoms with van der Waals surface area (Å²) in [5.41, 5.74) is 3.55. The van der Waals surface area contributed by atoms with E-state index in [1.807, 2.05) is 30.3 Å². The second-order valence-electron chi connectivity index (χ2n) is 11.3. The van der Waals surface area contributed by atoms with Crippen molar-refractivity contribution in [3.8, 4) is 22.3 Å². The Labute approximate surface area is 235 Å². The Morgan fingerprint density at radius 3 is 2.39 bits per heavy atom. The number of likely N-dealkylation sites (tertiary alicyclic amines) is 1. The van der Waals surface area contributed by atoms with E-state index in [-0.39, 0.29) is 32.5 Å². The topological polar surface area (TPSA) is 87.8 Å². The number of nitrogens with one attached hydrogen (secondary N) is 1. The molecule has 1 aliphatic rings. The number of hydrogen-bond donors (Lipinski definition) is 2. The molecule has 1 unspecified atom stereocenters. The summed E-state index contributed by atoms with van der Waals surface area (Å²) >= 11 is 0. The fraction of sp³-hybridized carbons (Fsp3) is 0.355. The van der Waals surface area contributed by atoms with Crippen molar-refractivity contribution >= 4 is 17.1 Å². The zero-order valence-corrected chi connectivity index (χ0v) is 23.1. The van der Waals surface area contributed by atoms with Crippen molar-refractivity contribution in [2.45, 2.75) is 57.9 Å². The first-order chi connectivity index (χ1) is 19.4. The molecule has 1 fully saturated rings. The molecule has 3 heterocycles. The van der Waals surface area contributed by atoms with Gasteiger partial charge in [0, 0.05) is 48.6 Å². The van der Waals surface area contributed by atoms with Crippen LogP contribution in [0.4, 0.5) is 18.0 Å². The molecule has 2 aromatic heterocycles. The van der Waals surface area contributed by atoms with Gasteiger partial charge in [0.05, 0.1) is 6.54 Å². The molecule has 10 heteroatoms. The average Bonchev–Trinajstić information content (AvgIpc) is 3.34. The number of fused-ring (bicyclic) bond motifs is 1. The van der Waals surface area contributed by atoms with Gasteiger partial charge in [-0.15, -0.1) is 0 Å². The second kappa shape index (κ2) is 11.2. The van der Waals surface area contributed by atoms with E-state index in [4.69, 9.17) is 9.15 Å². The number of carbonyl (C=O) groups is 1. The van der Waals surface area contributed by atoms with E-state index >= 15 is 0 Å². The van der Waals surface area contributed by atoms with Gasteiger partial charge in [-0.1, -0.05) is 24.3 Å². The van der Waals surface area contributed by atoms with E-state index in [2.05, 4.69) is 10.3 Å². The maximum absolute atomic E-state index is 13.6. The number of benzene rings is 2. The minimum Gasteiger partial charge on any atom is -0.459 e. The highest BCUT2D eigenvalue weighted by atomic mass is 19.3. The molecule has 216 valence electrons. The smallest absolute Gasteiger partial charge is 0.408 e. The van der Waals surface area contributed by atoms with Crippen LogP contribution in [0.3, 0.4) is 0 Å². The fourth-order valence-electron chi connectivity index (χ4n) is 4.84. The fourth-order valence-corrected chi connectivity index (χ4v) is 4.84. The summed E-state index contributed by atoms with van der Waals surface area (Å²) in [5, 5.41) is 14.2. The van der Waals surface area contributed by atoms with Gasteiger partial charge in [0.15, 0.2) is 0 Å². The number of pyridine rings is 1. The van der Waals surface area contributed by atoms with Crippen LogP contribution in [0.1, 0.15) is 51.2 Å². The molecule has 0 aliphatic carbocycles. The molecule has 1 atom stereocenters. The molecule has 1 amide bonds. The SMILES string of the molecule is CC(C)(C)OC(=O)NCc1cc2cc(-c3ccc(C(O)N4CCC(F)(F)CC4)cc3)cc(-c3ccc(F)nc3)c2o1. The van der Waals surface area contributed by atoms with Gasteiger partial charge in [-0.2, -0.15) is 4.39 Å². The molecular weight excluding hydrogens is 535 g/mol. The number of carbonyl (C=O) groups excluding carboxylic acids is 1. The molecule has 41 heavy (non-hydrogen) atoms. The van der Waals surface area contributed by atoms with Crippen LogP contribution in [-0.4, -0.2) is 45.7 Å². The lowest BCUT2D eigenvalue weighted by Gasteiger charge is -2.35. The molecule has 2 aromatic carbocycles. The first-order valence-corrected chi connectivity index (χ1v) is 13.4. The van der Waals surface area contributed by atoms with Crippen LogP contribution < -0.4 is 5.32 Å². The van der Waals surface area contributed by atoms with Crippen LogP contribution >= 0.6 is 0 Å². The molecule has 0 saturated carbocycles. The second-order valence-corrected chi connectivity index (χ2v) is 11.3. The summed E-state index contributed by atoms with van der Waals surface area (Å²) < 4.78 is 52.1. The molecular formula is C31H32F3N3O4. The van der Waals surface area contributed by atoms with Crippen molar-refractivity contribution in [2.24, 2.45) is 0 Å². The quantitative estimate of drug-likeness (QED) is 0.243. The predicted molar refractivity (Wildman–Crippen MR) is 149 cm³/mol. The van der Waals surface area contributed by atoms with Crippen LogP contribution in [-0.2, 0) is 11.3 Å². The van der Waals surface area contributed by atoms with Crippen molar-refractivity contribution in [1.29, 1.82) is 0 Å². The lowest BCUT2D eigenvalue weighted by molar-refractivity contribution is -0.0961. The van der Waals surface area contributed by atoms with Gasteiger partial charge in [-0.25, -0.2) is 18.6 Å². The highest BCUT2D eigenvalue weighted by Gasteiger charge is 2.36. The number of hydrogen-bond acceptors (Lipinski definition) is 6. The number of aliphatic hydroxyl groups excluding tert-OH is 1. The number of alkyl halides is 2. The van der Waals surface area contributed by atoms with Crippen molar-refractivity contribution in [1.82, 2.24) is 15.2 Å². The summed E-state index contributed by atoms with van der Waals surface area (Å²) in [6.45, 7) is 5.68. The number of amides is 1. The van der Waals surface area contributed by atoms with Crippen LogP contribution in [0.15, 0.2) is 65.2 Å². The number of furan rings is 1. The summed E-state index contributed by atoms with van der Waals surface area (Å²) in [7, 11) is 0. The Morgan fingerprint density at radius 2 is 1.76 bits per heavy atom. The highest BCUT2D eigenvalue weighted by Crippen LogP contribution is 2.37. The van der Waals surface area contributed by atoms with Crippen LogP contribution in [0, 0.1) is 5.95 Å². The Balaban J connectivity index is 1.43. The van der Waals surface area contributed by atoms with Crippen molar-refractivity contribution in [3.63, 3.8) is 0 Å². The molecule has 5 rings (SSSR count). The lowest BCUT2D eigenvalue weighted by atomic mass is 9.96. The Morgan fingerprint density at radius 1 is 1.07 bits per heavy atom. The normalized spacial score (nSPS) is 16.5. The van der Waals surface area contributed by atoms with Crippen molar-refractivity contribution < 1.29 is 32.2 Å². The van der Waals surface area contributed by atoms with Gasteiger partial charge >= 0.3 is 6.09 Å². The molecule has 0 bridgehead atoms. The number of aromatic nitrogens is 1. The lowest BCUT2D eigenvalue weighted by Crippen LogP contribution is -2.41. The van der Waals surface area contributed by atoms with Gasteiger partial charge in [0.2, 0.25) is 5.95 Å². The van der Waals surface area contributed by atoms with E-state index in [1.54, 1.807) is 43.9 Å². The monoisotopic (exact) mass is 567 g/mol. The van der Waals surface area contributed by atoms with Crippen molar-refractivity contribution in [2.75, 3.05) is 13.1 Å². The van der Waals surface area contributed by atoms with Gasteiger partial charge in [-0.3, -0.25) is 4.90 Å². The van der Waals surface area contributed by atoms with Gasteiger partial charge in [-0.05, 0) is 67.8 Å². The van der Waals surface area contributed by atoms with Gasteiger partial charge in [0.25, 0.3) is 5.92 Å². The van der Waals surface area contributed by atoms with E-state index < -0.39 is 29.8 Å². The first-order valence-electron chi connectivity index (χ1n) is 13.4. The molecule has 0 radical (unpaired) electrons. The van der Waals surface area contributed by atoms with Crippen LogP contribution in [0.2, 0.25) is 0 Å². The minimum atomic E-state index is -2.69. The molecule has 2 N–H and O–H groups in total. The largest absolute Gasteiger partial charge is 0.459 e. The van der Waals surface area contributed by atoms with E-state index in [0.29, 0.717) is 28.0 Å². The zero-order valence-electron chi connectivity index (χ0n) is 23.1.